The molecule has 1 aromatic heterocycles. The van der Waals surface area contributed by atoms with Gasteiger partial charge >= 0.3 is 0 Å². The Morgan fingerprint density at radius 3 is 2.69 bits per heavy atom. The maximum atomic E-state index is 12.6. The Morgan fingerprint density at radius 2 is 2.08 bits per heavy atom. The lowest BCUT2D eigenvalue weighted by Crippen LogP contribution is -2.47. The molecular formula is C18H21N3O3S2. The van der Waals surface area contributed by atoms with Gasteiger partial charge in [0.1, 0.15) is 11.8 Å². The van der Waals surface area contributed by atoms with E-state index < -0.39 is 6.04 Å². The third kappa shape index (κ3) is 3.57. The minimum atomic E-state index is -0.485. The Labute approximate surface area is 160 Å². The molecule has 1 aromatic carbocycles. The first-order valence-electron chi connectivity index (χ1n) is 8.16. The quantitative estimate of drug-likeness (QED) is 0.791. The number of aromatic nitrogens is 1. The number of thioether (sulfide) groups is 1. The van der Waals surface area contributed by atoms with E-state index in [0.717, 1.165) is 28.3 Å². The number of carbonyl (C=O) groups is 2. The number of anilines is 1. The monoisotopic (exact) mass is 391 g/mol. The highest BCUT2D eigenvalue weighted by molar-refractivity contribution is 8.00. The summed E-state index contributed by atoms with van der Waals surface area (Å²) >= 11 is 3.02. The number of rotatable bonds is 5. The van der Waals surface area contributed by atoms with Gasteiger partial charge < -0.3 is 15.0 Å². The lowest BCUT2D eigenvalue weighted by molar-refractivity contribution is -0.130. The molecule has 26 heavy (non-hydrogen) atoms. The number of aryl methyl sites for hydroxylation is 1. The summed E-state index contributed by atoms with van der Waals surface area (Å²) in [6.07, 6.45) is 0.750. The van der Waals surface area contributed by atoms with E-state index in [1.54, 1.807) is 23.8 Å². The van der Waals surface area contributed by atoms with E-state index in [4.69, 9.17) is 4.74 Å². The minimum Gasteiger partial charge on any atom is -0.497 e. The second kappa shape index (κ2) is 7.28. The van der Waals surface area contributed by atoms with Gasteiger partial charge in [0, 0.05) is 16.2 Å². The summed E-state index contributed by atoms with van der Waals surface area (Å²) in [5.41, 5.74) is 1.80. The third-order valence-corrected chi connectivity index (χ3v) is 6.64. The number of carbonyl (C=O) groups excluding carboxylic acids is 2. The summed E-state index contributed by atoms with van der Waals surface area (Å²) in [4.78, 5) is 30.8. The molecule has 1 unspecified atom stereocenters. The summed E-state index contributed by atoms with van der Waals surface area (Å²) < 4.78 is 5.18. The van der Waals surface area contributed by atoms with Crippen molar-refractivity contribution in [3.05, 3.63) is 29.1 Å². The van der Waals surface area contributed by atoms with Crippen LogP contribution in [0.4, 0.5) is 5.13 Å². The van der Waals surface area contributed by atoms with E-state index in [-0.39, 0.29) is 10.8 Å². The Hall–Kier alpha value is -2.06. The van der Waals surface area contributed by atoms with Gasteiger partial charge in [-0.2, -0.15) is 0 Å². The predicted octanol–water partition coefficient (Wildman–Crippen LogP) is 3.38. The fourth-order valence-corrected chi connectivity index (χ4v) is 4.91. The van der Waals surface area contributed by atoms with Crippen molar-refractivity contribution in [2.75, 3.05) is 18.2 Å². The second-order valence-electron chi connectivity index (χ2n) is 6.43. The van der Waals surface area contributed by atoms with Crippen LogP contribution in [0, 0.1) is 6.92 Å². The molecule has 2 aromatic rings. The molecule has 2 heterocycles. The van der Waals surface area contributed by atoms with Crippen LogP contribution in [0.25, 0.3) is 11.3 Å². The highest BCUT2D eigenvalue weighted by Gasteiger charge is 2.43. The van der Waals surface area contributed by atoms with Gasteiger partial charge in [-0.3, -0.25) is 9.59 Å². The third-order valence-electron chi connectivity index (χ3n) is 4.36. The summed E-state index contributed by atoms with van der Waals surface area (Å²) in [5.74, 6) is 1.16. The van der Waals surface area contributed by atoms with E-state index in [2.05, 4.69) is 10.3 Å². The predicted molar refractivity (Wildman–Crippen MR) is 106 cm³/mol. The Balaban J connectivity index is 1.77. The molecule has 6 nitrogen and oxygen atoms in total. The number of nitrogens with one attached hydrogen (secondary N) is 1. The zero-order valence-electron chi connectivity index (χ0n) is 15.1. The summed E-state index contributed by atoms with van der Waals surface area (Å²) in [6.45, 7) is 5.85. The Bertz CT molecular complexity index is 818. The normalized spacial score (nSPS) is 18.6. The highest BCUT2D eigenvalue weighted by atomic mass is 32.2. The number of methoxy groups -OCH3 is 1. The molecular weight excluding hydrogens is 370 g/mol. The maximum absolute atomic E-state index is 12.6. The van der Waals surface area contributed by atoms with E-state index in [1.807, 2.05) is 45.0 Å². The molecule has 1 aliphatic rings. The number of amides is 2. The van der Waals surface area contributed by atoms with Crippen molar-refractivity contribution in [2.45, 2.75) is 31.7 Å². The first kappa shape index (κ1) is 18.7. The molecule has 0 radical (unpaired) electrons. The van der Waals surface area contributed by atoms with E-state index in [9.17, 15) is 9.59 Å². The van der Waals surface area contributed by atoms with Crippen LogP contribution in [-0.4, -0.2) is 46.0 Å². The molecule has 0 aliphatic carbocycles. The fourth-order valence-electron chi connectivity index (χ4n) is 2.87. The van der Waals surface area contributed by atoms with Crippen molar-refractivity contribution >= 4 is 40.5 Å². The SMILES string of the molecule is COc1ccc(-c2nc(NC(=O)C3CSC(C)(C)N3C=O)sc2C)cc1. The van der Waals surface area contributed by atoms with Gasteiger partial charge in [-0.05, 0) is 45.0 Å². The van der Waals surface area contributed by atoms with Crippen molar-refractivity contribution in [3.8, 4) is 17.0 Å². The zero-order valence-corrected chi connectivity index (χ0v) is 16.7. The second-order valence-corrected chi connectivity index (χ2v) is 9.25. The molecule has 138 valence electrons. The largest absolute Gasteiger partial charge is 0.497 e. The molecule has 1 saturated heterocycles. The van der Waals surface area contributed by atoms with Crippen LogP contribution in [0.5, 0.6) is 5.75 Å². The first-order chi connectivity index (χ1) is 12.4. The average Bonchev–Trinajstić information content (AvgIpc) is 3.13. The molecule has 2 amide bonds. The molecule has 3 rings (SSSR count). The number of hydrogen-bond donors (Lipinski definition) is 1. The lowest BCUT2D eigenvalue weighted by Gasteiger charge is -2.29. The van der Waals surface area contributed by atoms with Crippen LogP contribution < -0.4 is 10.1 Å². The lowest BCUT2D eigenvalue weighted by atomic mass is 10.1. The molecule has 0 saturated carbocycles. The van der Waals surface area contributed by atoms with Crippen LogP contribution in [0.1, 0.15) is 18.7 Å². The maximum Gasteiger partial charge on any atom is 0.249 e. The zero-order chi connectivity index (χ0) is 18.9. The Kier molecular flexibility index (Phi) is 5.24. The summed E-state index contributed by atoms with van der Waals surface area (Å²) in [6, 6.07) is 7.16. The van der Waals surface area contributed by atoms with Crippen LogP contribution in [0.15, 0.2) is 24.3 Å². The fraction of sp³-hybridized carbons (Fsp3) is 0.389. The van der Waals surface area contributed by atoms with Gasteiger partial charge in [-0.1, -0.05) is 0 Å². The molecule has 1 atom stereocenters. The molecule has 1 N–H and O–H groups in total. The van der Waals surface area contributed by atoms with Crippen molar-refractivity contribution in [1.82, 2.24) is 9.88 Å². The first-order valence-corrected chi connectivity index (χ1v) is 9.96. The average molecular weight is 392 g/mol. The topological polar surface area (TPSA) is 71.5 Å². The minimum absolute atomic E-state index is 0.204. The molecule has 0 spiro atoms. The van der Waals surface area contributed by atoms with Crippen molar-refractivity contribution in [2.24, 2.45) is 0 Å². The summed E-state index contributed by atoms with van der Waals surface area (Å²) in [5, 5.41) is 3.41. The van der Waals surface area contributed by atoms with Crippen molar-refractivity contribution in [3.63, 3.8) is 0 Å². The number of nitrogens with zero attached hydrogens (tertiary/aromatic N) is 2. The van der Waals surface area contributed by atoms with E-state index in [1.165, 1.54) is 11.3 Å². The number of thiazole rings is 1. The Morgan fingerprint density at radius 1 is 1.38 bits per heavy atom. The molecule has 0 bridgehead atoms. The van der Waals surface area contributed by atoms with Crippen LogP contribution in [-0.2, 0) is 9.59 Å². The van der Waals surface area contributed by atoms with Crippen molar-refractivity contribution < 1.29 is 14.3 Å². The van der Waals surface area contributed by atoms with Gasteiger partial charge in [-0.25, -0.2) is 4.98 Å². The number of hydrogen-bond acceptors (Lipinski definition) is 6. The standard InChI is InChI=1S/C18H21N3O3S2/c1-11-15(12-5-7-13(24-4)8-6-12)19-17(26-11)20-16(23)14-9-25-18(2,3)21(14)10-22/h5-8,10,14H,9H2,1-4H3,(H,19,20,23). The van der Waals surface area contributed by atoms with Gasteiger partial charge in [0.05, 0.1) is 17.7 Å². The van der Waals surface area contributed by atoms with E-state index in [0.29, 0.717) is 10.9 Å². The number of benzene rings is 1. The van der Waals surface area contributed by atoms with Gasteiger partial charge in [0.15, 0.2) is 5.13 Å². The molecule has 8 heteroatoms. The summed E-state index contributed by atoms with van der Waals surface area (Å²) in [7, 11) is 1.63. The van der Waals surface area contributed by atoms with Crippen LogP contribution in [0.3, 0.4) is 0 Å². The van der Waals surface area contributed by atoms with Gasteiger partial charge in [-0.15, -0.1) is 23.1 Å². The van der Waals surface area contributed by atoms with Gasteiger partial charge in [0.25, 0.3) is 0 Å². The van der Waals surface area contributed by atoms with Gasteiger partial charge in [0.2, 0.25) is 12.3 Å². The van der Waals surface area contributed by atoms with Crippen molar-refractivity contribution in [1.29, 1.82) is 0 Å². The number of ether oxygens (including phenoxy) is 1. The van der Waals surface area contributed by atoms with E-state index >= 15 is 0 Å². The highest BCUT2D eigenvalue weighted by Crippen LogP contribution is 2.38. The molecule has 1 aliphatic heterocycles. The van der Waals surface area contributed by atoms with Crippen LogP contribution in [0.2, 0.25) is 0 Å². The van der Waals surface area contributed by atoms with Crippen LogP contribution >= 0.6 is 23.1 Å². The molecule has 1 fully saturated rings. The smallest absolute Gasteiger partial charge is 0.249 e.